The predicted molar refractivity (Wildman–Crippen MR) is 131 cm³/mol. The van der Waals surface area contributed by atoms with Crippen molar-refractivity contribution >= 4 is 62.7 Å². The van der Waals surface area contributed by atoms with Crippen LogP contribution < -0.4 is 15.6 Å². The smallest absolute Gasteiger partial charge is 0.352 e. The standard InChI is InChI=1S/C22H20N6O6S2/c1-10-5-11-6-27(4-3-14(11)34-10)7-12-8-35-20-16(19(30)28(20)17(12)21(31)32)25-18(29)15(26-33-2)13-9-36-22(23)24-13/h3-6,9,16,20H,7-8H2,1-2H3,(H3-,23,24,25,29,31,32)/p+1/t16?,20-/m1/s1. The van der Waals surface area contributed by atoms with Crippen molar-refractivity contribution in [2.45, 2.75) is 24.9 Å². The first kappa shape index (κ1) is 23.8. The zero-order valence-corrected chi connectivity index (χ0v) is 20.8. The van der Waals surface area contributed by atoms with Crippen molar-refractivity contribution in [1.82, 2.24) is 15.2 Å². The second-order valence-electron chi connectivity index (χ2n) is 8.11. The van der Waals surface area contributed by atoms with E-state index in [9.17, 15) is 19.5 Å². The number of oxime groups is 1. The van der Waals surface area contributed by atoms with E-state index in [0.29, 0.717) is 11.3 Å². The maximum absolute atomic E-state index is 13.0. The number of hydrogen-bond donors (Lipinski definition) is 3. The molecule has 2 aliphatic heterocycles. The molecule has 5 heterocycles. The fraction of sp³-hybridized carbons (Fsp3) is 0.273. The number of thiazole rings is 1. The van der Waals surface area contributed by atoms with Gasteiger partial charge in [-0.1, -0.05) is 5.16 Å². The molecule has 12 nitrogen and oxygen atoms in total. The lowest BCUT2D eigenvalue weighted by molar-refractivity contribution is -0.687. The van der Waals surface area contributed by atoms with Crippen LogP contribution in [-0.4, -0.2) is 62.8 Å². The van der Waals surface area contributed by atoms with E-state index in [1.54, 1.807) is 11.6 Å². The number of amides is 2. The number of carbonyl (C=O) groups excluding carboxylic acids is 2. The van der Waals surface area contributed by atoms with E-state index in [4.69, 9.17) is 15.0 Å². The number of fused-ring (bicyclic) bond motifs is 2. The van der Waals surface area contributed by atoms with E-state index < -0.39 is 29.2 Å². The number of nitrogen functional groups attached to an aromatic ring is 1. The molecule has 0 spiro atoms. The summed E-state index contributed by atoms with van der Waals surface area (Å²) in [4.78, 5) is 48.1. The summed E-state index contributed by atoms with van der Waals surface area (Å²) in [6, 6.07) is 2.80. The molecule has 4 N–H and O–H groups in total. The Morgan fingerprint density at radius 2 is 2.28 bits per heavy atom. The molecule has 186 valence electrons. The van der Waals surface area contributed by atoms with Gasteiger partial charge in [-0.3, -0.25) is 14.5 Å². The van der Waals surface area contributed by atoms with E-state index in [0.717, 1.165) is 28.1 Å². The number of nitrogens with two attached hydrogens (primary N) is 1. The number of carboxylic acid groups (broad SMARTS) is 1. The number of nitrogens with one attached hydrogen (secondary N) is 1. The van der Waals surface area contributed by atoms with Crippen LogP contribution in [0.1, 0.15) is 11.5 Å². The number of carboxylic acids is 1. The molecule has 14 heteroatoms. The number of thioether (sulfide) groups is 1. The molecule has 0 aromatic carbocycles. The van der Waals surface area contributed by atoms with Crippen molar-refractivity contribution in [2.75, 3.05) is 18.6 Å². The van der Waals surface area contributed by atoms with Gasteiger partial charge in [0.2, 0.25) is 0 Å². The highest BCUT2D eigenvalue weighted by Crippen LogP contribution is 2.40. The highest BCUT2D eigenvalue weighted by molar-refractivity contribution is 8.00. The number of aromatic nitrogens is 2. The average molecular weight is 530 g/mol. The highest BCUT2D eigenvalue weighted by Gasteiger charge is 2.54. The molecule has 36 heavy (non-hydrogen) atoms. The molecule has 2 aliphatic rings. The largest absolute Gasteiger partial charge is 0.477 e. The molecule has 0 radical (unpaired) electrons. The van der Waals surface area contributed by atoms with Crippen LogP contribution in [0.25, 0.3) is 11.0 Å². The van der Waals surface area contributed by atoms with E-state index in [1.165, 1.54) is 23.8 Å². The second kappa shape index (κ2) is 9.28. The monoisotopic (exact) mass is 529 g/mol. The maximum Gasteiger partial charge on any atom is 0.352 e. The van der Waals surface area contributed by atoms with Gasteiger partial charge in [0.15, 0.2) is 29.8 Å². The Balaban J connectivity index is 1.36. The first-order valence-electron chi connectivity index (χ1n) is 10.7. The molecular weight excluding hydrogens is 508 g/mol. The number of rotatable bonds is 7. The van der Waals surface area contributed by atoms with Gasteiger partial charge in [0.1, 0.15) is 41.3 Å². The van der Waals surface area contributed by atoms with E-state index >= 15 is 0 Å². The van der Waals surface area contributed by atoms with Gasteiger partial charge in [0, 0.05) is 22.8 Å². The quantitative estimate of drug-likeness (QED) is 0.174. The van der Waals surface area contributed by atoms with Gasteiger partial charge in [-0.2, -0.15) is 0 Å². The minimum absolute atomic E-state index is 0.0664. The Morgan fingerprint density at radius 1 is 1.47 bits per heavy atom. The van der Waals surface area contributed by atoms with Gasteiger partial charge in [0.25, 0.3) is 11.8 Å². The molecule has 0 aliphatic carbocycles. The van der Waals surface area contributed by atoms with Crippen molar-refractivity contribution in [3.63, 3.8) is 0 Å². The van der Waals surface area contributed by atoms with Crippen LogP contribution in [0.4, 0.5) is 5.13 Å². The summed E-state index contributed by atoms with van der Waals surface area (Å²) in [5.74, 6) is -1.24. The SMILES string of the molecule is CON=C(C(=O)NC1C(=O)N2C(C(=O)O)=C(C[n+]3ccc4oc(C)cc4c3)CS[C@H]12)c1csc(N)n1. The first-order valence-corrected chi connectivity index (χ1v) is 12.6. The fourth-order valence-corrected chi connectivity index (χ4v) is 6.08. The lowest BCUT2D eigenvalue weighted by Crippen LogP contribution is -2.71. The predicted octanol–water partition coefficient (Wildman–Crippen LogP) is 0.857. The van der Waals surface area contributed by atoms with Crippen LogP contribution in [0.2, 0.25) is 0 Å². The lowest BCUT2D eigenvalue weighted by Gasteiger charge is -2.49. The Kier molecular flexibility index (Phi) is 6.14. The summed E-state index contributed by atoms with van der Waals surface area (Å²) in [5.41, 5.74) is 6.99. The molecule has 2 amide bonds. The zero-order chi connectivity index (χ0) is 25.6. The molecule has 1 fully saturated rings. The molecular formula is C22H21N6O6S2+. The molecule has 1 unspecified atom stereocenters. The van der Waals surface area contributed by atoms with Gasteiger partial charge < -0.3 is 25.4 Å². The normalized spacial score (nSPS) is 19.8. The van der Waals surface area contributed by atoms with Crippen molar-refractivity contribution < 1.29 is 33.3 Å². The Bertz CT molecular complexity index is 1460. The third-order valence-corrected chi connectivity index (χ3v) is 7.72. The number of aliphatic carboxylic acids is 1. The molecule has 5 rings (SSSR count). The van der Waals surface area contributed by atoms with Crippen LogP contribution in [0.5, 0.6) is 0 Å². The van der Waals surface area contributed by atoms with Crippen molar-refractivity contribution in [3.05, 3.63) is 52.6 Å². The Labute approximate surface area is 212 Å². The van der Waals surface area contributed by atoms with Crippen LogP contribution in [0.3, 0.4) is 0 Å². The number of hydrogen-bond acceptors (Lipinski definition) is 10. The van der Waals surface area contributed by atoms with Gasteiger partial charge in [-0.05, 0) is 13.0 Å². The van der Waals surface area contributed by atoms with Gasteiger partial charge in [-0.25, -0.2) is 14.3 Å². The maximum atomic E-state index is 13.0. The van der Waals surface area contributed by atoms with Crippen molar-refractivity contribution in [3.8, 4) is 0 Å². The van der Waals surface area contributed by atoms with Gasteiger partial charge >= 0.3 is 5.97 Å². The summed E-state index contributed by atoms with van der Waals surface area (Å²) in [7, 11) is 1.28. The van der Waals surface area contributed by atoms with Crippen LogP contribution >= 0.6 is 23.1 Å². The molecule has 0 bridgehead atoms. The lowest BCUT2D eigenvalue weighted by atomic mass is 10.0. The van der Waals surface area contributed by atoms with Crippen LogP contribution in [0, 0.1) is 6.92 Å². The number of pyridine rings is 1. The number of carbonyl (C=O) groups is 3. The zero-order valence-electron chi connectivity index (χ0n) is 19.1. The number of furan rings is 1. The molecule has 0 saturated carbocycles. The minimum atomic E-state index is -1.20. The average Bonchev–Trinajstić information content (AvgIpc) is 3.44. The molecule has 1 saturated heterocycles. The topological polar surface area (TPSA) is 164 Å². The fourth-order valence-electron chi connectivity index (χ4n) is 4.19. The summed E-state index contributed by atoms with van der Waals surface area (Å²) in [5, 5.41) is 18.4. The summed E-state index contributed by atoms with van der Waals surface area (Å²) < 4.78 is 7.45. The third kappa shape index (κ3) is 4.18. The highest BCUT2D eigenvalue weighted by atomic mass is 32.2. The Hall–Kier alpha value is -3.91. The number of β-lactam (4-membered cyclic amide) rings is 1. The molecule has 3 aromatic heterocycles. The number of anilines is 1. The van der Waals surface area contributed by atoms with Crippen molar-refractivity contribution in [1.29, 1.82) is 0 Å². The van der Waals surface area contributed by atoms with Gasteiger partial charge in [0.05, 0.1) is 5.39 Å². The van der Waals surface area contributed by atoms with E-state index in [1.807, 2.05) is 29.8 Å². The van der Waals surface area contributed by atoms with Crippen LogP contribution in [0.15, 0.2) is 50.7 Å². The van der Waals surface area contributed by atoms with E-state index in [-0.39, 0.29) is 28.8 Å². The Morgan fingerprint density at radius 3 is 2.97 bits per heavy atom. The minimum Gasteiger partial charge on any atom is -0.477 e. The molecule has 3 aromatic rings. The number of nitrogens with zero attached hydrogens (tertiary/aromatic N) is 4. The van der Waals surface area contributed by atoms with Crippen LogP contribution in [-0.2, 0) is 25.8 Å². The summed E-state index contributed by atoms with van der Waals surface area (Å²) >= 11 is 2.51. The van der Waals surface area contributed by atoms with E-state index in [2.05, 4.69) is 15.5 Å². The second-order valence-corrected chi connectivity index (χ2v) is 10.1. The summed E-state index contributed by atoms with van der Waals surface area (Å²) in [6.07, 6.45) is 3.68. The first-order chi connectivity index (χ1) is 17.3. The number of aryl methyl sites for hydroxylation is 1. The third-order valence-electron chi connectivity index (χ3n) is 5.71. The summed E-state index contributed by atoms with van der Waals surface area (Å²) in [6.45, 7) is 2.15. The molecule has 2 atom stereocenters. The van der Waals surface area contributed by atoms with Crippen molar-refractivity contribution in [2.24, 2.45) is 5.16 Å². The van der Waals surface area contributed by atoms with Gasteiger partial charge in [-0.15, -0.1) is 23.1 Å².